The van der Waals surface area contributed by atoms with Crippen molar-refractivity contribution in [3.05, 3.63) is 108 Å². The summed E-state index contributed by atoms with van der Waals surface area (Å²) in [6.07, 6.45) is 0. The Morgan fingerprint density at radius 2 is 1.43 bits per heavy atom. The van der Waals surface area contributed by atoms with Gasteiger partial charge in [0.1, 0.15) is 18.0 Å². The van der Waals surface area contributed by atoms with Crippen LogP contribution in [0.3, 0.4) is 0 Å². The lowest BCUT2D eigenvalue weighted by atomic mass is 9.87. The Bertz CT molecular complexity index is 1750. The number of benzene rings is 4. The van der Waals surface area contributed by atoms with Gasteiger partial charge in [0.15, 0.2) is 0 Å². The number of rotatable bonds is 10. The molecule has 10 heteroatoms. The number of amides is 2. The van der Waals surface area contributed by atoms with Gasteiger partial charge in [-0.05, 0) is 72.5 Å². The van der Waals surface area contributed by atoms with Crippen molar-refractivity contribution in [3.63, 3.8) is 0 Å². The maximum absolute atomic E-state index is 13.9. The molecule has 0 saturated heterocycles. The molecule has 2 amide bonds. The highest BCUT2D eigenvalue weighted by Crippen LogP contribution is 2.36. The average molecular weight is 616 g/mol. The van der Waals surface area contributed by atoms with Crippen LogP contribution >= 0.6 is 0 Å². The second-order valence-electron chi connectivity index (χ2n) is 11.3. The Morgan fingerprint density at radius 3 is 2.02 bits per heavy atom. The highest BCUT2D eigenvalue weighted by molar-refractivity contribution is 7.92. The highest BCUT2D eigenvalue weighted by Gasteiger charge is 2.30. The fraction of sp³-hybridized carbons (Fsp3) is 0.235. The molecule has 0 aliphatic carbocycles. The van der Waals surface area contributed by atoms with E-state index >= 15 is 0 Å². The zero-order valence-corrected chi connectivity index (χ0v) is 26.5. The molecule has 0 saturated carbocycles. The van der Waals surface area contributed by atoms with Gasteiger partial charge in [0.05, 0.1) is 24.8 Å². The zero-order valence-electron chi connectivity index (χ0n) is 25.7. The number of methoxy groups -OCH3 is 2. The summed E-state index contributed by atoms with van der Waals surface area (Å²) in [5, 5.41) is 5.60. The van der Waals surface area contributed by atoms with E-state index in [0.717, 1.165) is 15.4 Å². The third-order valence-electron chi connectivity index (χ3n) is 6.97. The first-order valence-corrected chi connectivity index (χ1v) is 15.4. The Kier molecular flexibility index (Phi) is 9.64. The van der Waals surface area contributed by atoms with Crippen molar-refractivity contribution in [1.29, 1.82) is 0 Å². The van der Waals surface area contributed by atoms with Crippen LogP contribution in [0.25, 0.3) is 0 Å². The lowest BCUT2D eigenvalue weighted by Gasteiger charge is -2.26. The molecule has 0 unspecified atom stereocenters. The summed E-state index contributed by atoms with van der Waals surface area (Å²) in [5.74, 6) is -0.266. The van der Waals surface area contributed by atoms with Gasteiger partial charge in [0.2, 0.25) is 5.91 Å². The summed E-state index contributed by atoms with van der Waals surface area (Å²) in [4.78, 5) is 26.3. The number of aryl methyl sites for hydroxylation is 1. The molecule has 2 N–H and O–H groups in total. The topological polar surface area (TPSA) is 114 Å². The first kappa shape index (κ1) is 32.1. The molecule has 0 aromatic heterocycles. The van der Waals surface area contributed by atoms with Crippen LogP contribution in [0.4, 0.5) is 17.1 Å². The summed E-state index contributed by atoms with van der Waals surface area (Å²) < 4.78 is 39.5. The SMILES string of the molecule is COc1ccc(OC)c(N(CC(=O)Nc2cccc(NC(=O)c3ccc(C(C)(C)C)cc3)c2)S(=O)(=O)c2ccc(C)cc2)c1. The molecule has 0 aliphatic rings. The number of sulfonamides is 1. The summed E-state index contributed by atoms with van der Waals surface area (Å²) >= 11 is 0. The van der Waals surface area contributed by atoms with Crippen LogP contribution in [0.5, 0.6) is 11.5 Å². The molecule has 4 aromatic rings. The van der Waals surface area contributed by atoms with Crippen LogP contribution in [-0.4, -0.2) is 41.0 Å². The van der Waals surface area contributed by atoms with Crippen LogP contribution in [0.15, 0.2) is 95.9 Å². The third-order valence-corrected chi connectivity index (χ3v) is 8.74. The van der Waals surface area contributed by atoms with Gasteiger partial charge in [-0.3, -0.25) is 13.9 Å². The van der Waals surface area contributed by atoms with Crippen molar-refractivity contribution in [3.8, 4) is 11.5 Å². The van der Waals surface area contributed by atoms with Gasteiger partial charge >= 0.3 is 0 Å². The van der Waals surface area contributed by atoms with Crippen LogP contribution in [-0.2, 0) is 20.2 Å². The molecule has 230 valence electrons. The molecule has 0 bridgehead atoms. The Labute approximate surface area is 258 Å². The molecule has 0 aliphatic heterocycles. The van der Waals surface area contributed by atoms with Crippen molar-refractivity contribution >= 4 is 38.9 Å². The second-order valence-corrected chi connectivity index (χ2v) is 13.1. The second kappa shape index (κ2) is 13.2. The fourth-order valence-electron chi connectivity index (χ4n) is 4.46. The number of anilines is 3. The molecule has 0 radical (unpaired) electrons. The van der Waals surface area contributed by atoms with E-state index in [9.17, 15) is 18.0 Å². The lowest BCUT2D eigenvalue weighted by Crippen LogP contribution is -2.38. The Hall–Kier alpha value is -4.83. The first-order valence-electron chi connectivity index (χ1n) is 13.9. The standard InChI is InChI=1S/C34H37N3O6S/c1-23-10-17-29(18-11-23)44(40,41)37(30-21-28(42-5)16-19-31(30)43-6)22-32(38)35-26-8-7-9-27(20-26)36-33(39)24-12-14-25(15-13-24)34(2,3)4/h7-21H,22H2,1-6H3,(H,35,38)(H,36,39). The minimum atomic E-state index is -4.20. The monoisotopic (exact) mass is 615 g/mol. The van der Waals surface area contributed by atoms with Crippen LogP contribution in [0.2, 0.25) is 0 Å². The summed E-state index contributed by atoms with van der Waals surface area (Å²) in [6, 6.07) is 25.1. The van der Waals surface area contributed by atoms with Gasteiger partial charge in [-0.25, -0.2) is 8.42 Å². The number of nitrogens with one attached hydrogen (secondary N) is 2. The number of hydrogen-bond donors (Lipinski definition) is 2. The van der Waals surface area contributed by atoms with Gasteiger partial charge in [-0.2, -0.15) is 0 Å². The Balaban J connectivity index is 1.57. The largest absolute Gasteiger partial charge is 0.497 e. The molecule has 0 heterocycles. The van der Waals surface area contributed by atoms with Crippen LogP contribution in [0.1, 0.15) is 42.3 Å². The molecule has 9 nitrogen and oxygen atoms in total. The van der Waals surface area contributed by atoms with Gasteiger partial charge in [0.25, 0.3) is 15.9 Å². The summed E-state index contributed by atoms with van der Waals surface area (Å²) in [5.41, 5.74) is 3.45. The van der Waals surface area contributed by atoms with Crippen molar-refractivity contribution in [1.82, 2.24) is 0 Å². The molecule has 0 spiro atoms. The van der Waals surface area contributed by atoms with E-state index in [-0.39, 0.29) is 27.7 Å². The molecule has 0 fully saturated rings. The number of ether oxygens (including phenoxy) is 2. The van der Waals surface area contributed by atoms with E-state index in [4.69, 9.17) is 9.47 Å². The summed E-state index contributed by atoms with van der Waals surface area (Å²) in [6.45, 7) is 7.60. The molecular weight excluding hydrogens is 578 g/mol. The van der Waals surface area contributed by atoms with E-state index in [2.05, 4.69) is 31.4 Å². The van der Waals surface area contributed by atoms with Crippen molar-refractivity contribution in [2.75, 3.05) is 35.7 Å². The quantitative estimate of drug-likeness (QED) is 0.214. The predicted octanol–water partition coefficient (Wildman–Crippen LogP) is 6.40. The minimum absolute atomic E-state index is 0.0148. The first-order chi connectivity index (χ1) is 20.8. The third kappa shape index (κ3) is 7.57. The van der Waals surface area contributed by atoms with Gasteiger partial charge in [0, 0.05) is 23.0 Å². The van der Waals surface area contributed by atoms with E-state index in [1.807, 2.05) is 19.1 Å². The summed E-state index contributed by atoms with van der Waals surface area (Å²) in [7, 11) is -1.32. The van der Waals surface area contributed by atoms with Crippen LogP contribution in [0, 0.1) is 6.92 Å². The fourth-order valence-corrected chi connectivity index (χ4v) is 5.88. The minimum Gasteiger partial charge on any atom is -0.497 e. The van der Waals surface area contributed by atoms with E-state index in [1.165, 1.54) is 32.4 Å². The van der Waals surface area contributed by atoms with E-state index < -0.39 is 22.5 Å². The number of nitrogens with zero attached hydrogens (tertiary/aromatic N) is 1. The van der Waals surface area contributed by atoms with Gasteiger partial charge in [-0.1, -0.05) is 56.7 Å². The molecule has 44 heavy (non-hydrogen) atoms. The smallest absolute Gasteiger partial charge is 0.264 e. The average Bonchev–Trinajstić information content (AvgIpc) is 2.99. The number of carbonyl (C=O) groups is 2. The number of carbonyl (C=O) groups excluding carboxylic acids is 2. The maximum Gasteiger partial charge on any atom is 0.264 e. The molecular formula is C34H37N3O6S. The normalized spacial score (nSPS) is 11.4. The number of hydrogen-bond acceptors (Lipinski definition) is 6. The maximum atomic E-state index is 13.9. The molecule has 0 atom stereocenters. The van der Waals surface area contributed by atoms with Gasteiger partial charge < -0.3 is 20.1 Å². The van der Waals surface area contributed by atoms with Gasteiger partial charge in [-0.15, -0.1) is 0 Å². The van der Waals surface area contributed by atoms with E-state index in [0.29, 0.717) is 22.7 Å². The predicted molar refractivity (Wildman–Crippen MR) is 173 cm³/mol. The van der Waals surface area contributed by atoms with Crippen molar-refractivity contribution in [2.45, 2.75) is 38.0 Å². The Morgan fingerprint density at radius 1 is 0.795 bits per heavy atom. The zero-order chi connectivity index (χ0) is 32.1. The van der Waals surface area contributed by atoms with E-state index in [1.54, 1.807) is 60.7 Å². The van der Waals surface area contributed by atoms with Crippen molar-refractivity contribution in [2.24, 2.45) is 0 Å². The van der Waals surface area contributed by atoms with Crippen LogP contribution < -0.4 is 24.4 Å². The van der Waals surface area contributed by atoms with Crippen molar-refractivity contribution < 1.29 is 27.5 Å². The highest BCUT2D eigenvalue weighted by atomic mass is 32.2. The molecule has 4 aromatic carbocycles. The lowest BCUT2D eigenvalue weighted by molar-refractivity contribution is -0.114. The molecule has 4 rings (SSSR count).